The van der Waals surface area contributed by atoms with Crippen molar-refractivity contribution in [3.63, 3.8) is 0 Å². The van der Waals surface area contributed by atoms with Gasteiger partial charge in [0.1, 0.15) is 11.7 Å². The fourth-order valence-corrected chi connectivity index (χ4v) is 2.13. The van der Waals surface area contributed by atoms with Crippen molar-refractivity contribution < 1.29 is 9.18 Å². The first-order valence-corrected chi connectivity index (χ1v) is 6.57. The lowest BCUT2D eigenvalue weighted by molar-refractivity contribution is 0.100. The Balaban J connectivity index is 2.08. The highest BCUT2D eigenvalue weighted by Gasteiger charge is 2.21. The van der Waals surface area contributed by atoms with Crippen LogP contribution in [-0.2, 0) is 0 Å². The third kappa shape index (κ3) is 3.13. The van der Waals surface area contributed by atoms with Crippen LogP contribution >= 0.6 is 0 Å². The molecule has 1 aliphatic rings. The van der Waals surface area contributed by atoms with E-state index < -0.39 is 0 Å². The quantitative estimate of drug-likeness (QED) is 0.748. The molecule has 1 aromatic rings. The van der Waals surface area contributed by atoms with E-state index in [4.69, 9.17) is 0 Å². The molecule has 0 aromatic heterocycles. The van der Waals surface area contributed by atoms with E-state index in [9.17, 15) is 9.18 Å². The van der Waals surface area contributed by atoms with Crippen molar-refractivity contribution in [1.82, 2.24) is 0 Å². The highest BCUT2D eigenvalue weighted by Crippen LogP contribution is 2.15. The lowest BCUT2D eigenvalue weighted by atomic mass is 10.1. The van der Waals surface area contributed by atoms with Crippen LogP contribution < -0.4 is 0 Å². The fraction of sp³-hybridized carbons (Fsp3) is 0.400. The Labute approximate surface area is 112 Å². The molecule has 1 aliphatic heterocycles. The molecular formula is C15H17FN2O. The average molecular weight is 260 g/mol. The Morgan fingerprint density at radius 2 is 1.95 bits per heavy atom. The van der Waals surface area contributed by atoms with Gasteiger partial charge in [0.25, 0.3) is 0 Å². The van der Waals surface area contributed by atoms with Gasteiger partial charge in [-0.3, -0.25) is 9.79 Å². The molecule has 2 rings (SSSR count). The number of Topliss-reactive ketones (excluding diaryl/α,β-unsaturated/α-hetero) is 1. The smallest absolute Gasteiger partial charge is 0.170 e. The summed E-state index contributed by atoms with van der Waals surface area (Å²) in [4.78, 5) is 20.9. The number of carbonyl (C=O) groups is 1. The van der Waals surface area contributed by atoms with Crippen molar-refractivity contribution in [3.05, 3.63) is 35.6 Å². The van der Waals surface area contributed by atoms with Crippen molar-refractivity contribution >= 4 is 17.3 Å². The number of nitrogens with zero attached hydrogens (tertiary/aromatic N) is 2. The fourth-order valence-electron chi connectivity index (χ4n) is 2.13. The molecule has 1 heterocycles. The third-order valence-corrected chi connectivity index (χ3v) is 3.20. The Bertz CT molecular complexity index is 532. The number of benzene rings is 1. The number of aliphatic imine (C=N–C) groups is 2. The minimum absolute atomic E-state index is 0.0743. The van der Waals surface area contributed by atoms with E-state index in [1.165, 1.54) is 24.3 Å². The lowest BCUT2D eigenvalue weighted by Gasteiger charge is -2.03. The normalized spacial score (nSPS) is 18.2. The van der Waals surface area contributed by atoms with Crippen LogP contribution in [0.2, 0.25) is 0 Å². The molecule has 1 unspecified atom stereocenters. The monoisotopic (exact) mass is 260 g/mol. The first-order valence-electron chi connectivity index (χ1n) is 6.57. The van der Waals surface area contributed by atoms with Crippen LogP contribution in [0.5, 0.6) is 0 Å². The number of ketones is 1. The van der Waals surface area contributed by atoms with Gasteiger partial charge in [-0.2, -0.15) is 0 Å². The molecule has 0 amide bonds. The molecule has 0 aliphatic carbocycles. The minimum atomic E-state index is -0.341. The van der Waals surface area contributed by atoms with E-state index in [0.29, 0.717) is 11.4 Å². The molecule has 0 saturated heterocycles. The summed E-state index contributed by atoms with van der Waals surface area (Å²) in [6.45, 7) is 4.10. The van der Waals surface area contributed by atoms with Crippen LogP contribution in [0.3, 0.4) is 0 Å². The van der Waals surface area contributed by atoms with Gasteiger partial charge in [0.2, 0.25) is 0 Å². The van der Waals surface area contributed by atoms with Crippen molar-refractivity contribution in [1.29, 1.82) is 0 Å². The number of hydrogen-bond donors (Lipinski definition) is 0. The van der Waals surface area contributed by atoms with Crippen molar-refractivity contribution in [2.75, 3.05) is 0 Å². The number of hydrogen-bond acceptors (Lipinski definition) is 3. The maximum absolute atomic E-state index is 12.8. The maximum Gasteiger partial charge on any atom is 0.170 e. The molecule has 0 radical (unpaired) electrons. The van der Waals surface area contributed by atoms with Crippen molar-refractivity contribution in [3.8, 4) is 0 Å². The van der Waals surface area contributed by atoms with Crippen LogP contribution in [0, 0.1) is 5.82 Å². The van der Waals surface area contributed by atoms with Crippen LogP contribution in [0.4, 0.5) is 4.39 Å². The molecule has 0 N–H and O–H groups in total. The summed E-state index contributed by atoms with van der Waals surface area (Å²) in [5, 5.41) is 0. The third-order valence-electron chi connectivity index (χ3n) is 3.20. The van der Waals surface area contributed by atoms with E-state index in [-0.39, 0.29) is 24.1 Å². The SMILES string of the molecule is CCC1=NC(CC(=O)c2ccc(F)cc2)=NC1CC. The number of amidine groups is 1. The minimum Gasteiger partial charge on any atom is -0.294 e. The number of halogens is 1. The van der Waals surface area contributed by atoms with Crippen LogP contribution in [0.15, 0.2) is 34.3 Å². The Kier molecular flexibility index (Phi) is 4.20. The second kappa shape index (κ2) is 5.87. The van der Waals surface area contributed by atoms with Crippen molar-refractivity contribution in [2.45, 2.75) is 39.2 Å². The first-order chi connectivity index (χ1) is 9.13. The molecule has 0 saturated carbocycles. The summed E-state index contributed by atoms with van der Waals surface area (Å²) < 4.78 is 12.8. The van der Waals surface area contributed by atoms with Crippen molar-refractivity contribution in [2.24, 2.45) is 9.98 Å². The molecule has 0 bridgehead atoms. The molecule has 0 fully saturated rings. The summed E-state index contributed by atoms with van der Waals surface area (Å²) in [7, 11) is 0. The van der Waals surface area contributed by atoms with E-state index in [1.54, 1.807) is 0 Å². The number of carbonyl (C=O) groups excluding carboxylic acids is 1. The Morgan fingerprint density at radius 3 is 2.47 bits per heavy atom. The second-order valence-corrected chi connectivity index (χ2v) is 4.53. The van der Waals surface area contributed by atoms with Gasteiger partial charge in [-0.25, -0.2) is 9.38 Å². The van der Waals surface area contributed by atoms with Gasteiger partial charge >= 0.3 is 0 Å². The summed E-state index contributed by atoms with van der Waals surface area (Å²) in [5.41, 5.74) is 1.54. The Hall–Kier alpha value is -1.84. The second-order valence-electron chi connectivity index (χ2n) is 4.53. The van der Waals surface area contributed by atoms with Gasteiger partial charge in [-0.15, -0.1) is 0 Å². The maximum atomic E-state index is 12.8. The van der Waals surface area contributed by atoms with Crippen LogP contribution in [0.25, 0.3) is 0 Å². The zero-order valence-electron chi connectivity index (χ0n) is 11.2. The zero-order chi connectivity index (χ0) is 13.8. The predicted octanol–water partition coefficient (Wildman–Crippen LogP) is 3.44. The highest BCUT2D eigenvalue weighted by atomic mass is 19.1. The molecule has 3 nitrogen and oxygen atoms in total. The lowest BCUT2D eigenvalue weighted by Crippen LogP contribution is -2.12. The van der Waals surface area contributed by atoms with Gasteiger partial charge in [-0.1, -0.05) is 13.8 Å². The molecule has 0 spiro atoms. The molecule has 4 heteroatoms. The van der Waals surface area contributed by atoms with Gasteiger partial charge in [0.15, 0.2) is 5.78 Å². The zero-order valence-corrected chi connectivity index (χ0v) is 11.2. The van der Waals surface area contributed by atoms with Gasteiger partial charge in [0.05, 0.1) is 12.5 Å². The van der Waals surface area contributed by atoms with Gasteiger partial charge in [0, 0.05) is 11.3 Å². The van der Waals surface area contributed by atoms with E-state index in [2.05, 4.69) is 16.9 Å². The van der Waals surface area contributed by atoms with Crippen LogP contribution in [-0.4, -0.2) is 23.4 Å². The molecule has 1 atom stereocenters. The molecule has 19 heavy (non-hydrogen) atoms. The molecule has 100 valence electrons. The standard InChI is InChI=1S/C15H17FN2O/c1-3-12-13(4-2)18-15(17-12)9-14(19)10-5-7-11(16)8-6-10/h5-8,12H,3-4,9H2,1-2H3. The largest absolute Gasteiger partial charge is 0.294 e. The summed E-state index contributed by atoms with van der Waals surface area (Å²) in [6.07, 6.45) is 1.95. The van der Waals surface area contributed by atoms with E-state index in [1.807, 2.05) is 6.92 Å². The average Bonchev–Trinajstić information content (AvgIpc) is 2.81. The summed E-state index contributed by atoms with van der Waals surface area (Å²) in [6, 6.07) is 5.70. The Morgan fingerprint density at radius 1 is 1.26 bits per heavy atom. The topological polar surface area (TPSA) is 41.8 Å². The van der Waals surface area contributed by atoms with Gasteiger partial charge in [-0.05, 0) is 37.1 Å². The van der Waals surface area contributed by atoms with Gasteiger partial charge < -0.3 is 0 Å². The highest BCUT2D eigenvalue weighted by molar-refractivity contribution is 6.15. The van der Waals surface area contributed by atoms with E-state index in [0.717, 1.165) is 18.6 Å². The van der Waals surface area contributed by atoms with E-state index >= 15 is 0 Å². The predicted molar refractivity (Wildman–Crippen MR) is 74.6 cm³/mol. The molecular weight excluding hydrogens is 243 g/mol. The molecule has 1 aromatic carbocycles. The summed E-state index contributed by atoms with van der Waals surface area (Å²) in [5.74, 6) is 0.180. The number of rotatable bonds is 5. The first kappa shape index (κ1) is 13.6. The summed E-state index contributed by atoms with van der Waals surface area (Å²) >= 11 is 0. The van der Waals surface area contributed by atoms with Crippen LogP contribution in [0.1, 0.15) is 43.5 Å².